The van der Waals surface area contributed by atoms with Crippen LogP contribution < -0.4 is 5.32 Å². The number of piperidine rings is 2. The fourth-order valence-electron chi connectivity index (χ4n) is 3.15. The van der Waals surface area contributed by atoms with Gasteiger partial charge in [0.15, 0.2) is 0 Å². The van der Waals surface area contributed by atoms with Gasteiger partial charge in [-0.25, -0.2) is 4.79 Å². The van der Waals surface area contributed by atoms with E-state index in [0.29, 0.717) is 32.0 Å². The first kappa shape index (κ1) is 15.1. The maximum absolute atomic E-state index is 12.1. The number of nitrogens with zero attached hydrogens (tertiary/aromatic N) is 2. The molecule has 2 N–H and O–H groups in total. The van der Waals surface area contributed by atoms with Gasteiger partial charge in [-0.1, -0.05) is 0 Å². The molecule has 6 heteroatoms. The van der Waals surface area contributed by atoms with Gasteiger partial charge in [-0.15, -0.1) is 0 Å². The molecule has 2 atom stereocenters. The summed E-state index contributed by atoms with van der Waals surface area (Å²) in [6.45, 7) is 3.86. The van der Waals surface area contributed by atoms with Crippen molar-refractivity contribution in [2.75, 3.05) is 39.8 Å². The van der Waals surface area contributed by atoms with Gasteiger partial charge in [0.2, 0.25) is 0 Å². The molecule has 0 radical (unpaired) electrons. The molecule has 2 heterocycles. The third kappa shape index (κ3) is 4.10. The van der Waals surface area contributed by atoms with E-state index in [1.54, 1.807) is 4.90 Å². The molecule has 20 heavy (non-hydrogen) atoms. The summed E-state index contributed by atoms with van der Waals surface area (Å²) in [5, 5.41) is 12.0. The van der Waals surface area contributed by atoms with Gasteiger partial charge in [0.1, 0.15) is 0 Å². The van der Waals surface area contributed by atoms with Gasteiger partial charge in [-0.2, -0.15) is 0 Å². The highest BCUT2D eigenvalue weighted by molar-refractivity contribution is 5.76. The summed E-state index contributed by atoms with van der Waals surface area (Å²) in [5.41, 5.74) is 0. The molecule has 0 aliphatic carbocycles. The van der Waals surface area contributed by atoms with Crippen LogP contribution in [0.15, 0.2) is 0 Å². The summed E-state index contributed by atoms with van der Waals surface area (Å²) < 4.78 is 0. The van der Waals surface area contributed by atoms with Crippen LogP contribution in [0.25, 0.3) is 0 Å². The molecule has 2 aliphatic rings. The van der Waals surface area contributed by atoms with Crippen molar-refractivity contribution in [3.63, 3.8) is 0 Å². The van der Waals surface area contributed by atoms with E-state index in [2.05, 4.69) is 17.3 Å². The Kier molecular flexibility index (Phi) is 5.23. The van der Waals surface area contributed by atoms with Crippen LogP contribution in [-0.4, -0.2) is 66.7 Å². The van der Waals surface area contributed by atoms with Gasteiger partial charge < -0.3 is 20.2 Å². The van der Waals surface area contributed by atoms with E-state index in [-0.39, 0.29) is 6.03 Å². The zero-order valence-corrected chi connectivity index (χ0v) is 12.2. The first-order valence-electron chi connectivity index (χ1n) is 7.50. The van der Waals surface area contributed by atoms with Crippen LogP contribution in [0.3, 0.4) is 0 Å². The zero-order chi connectivity index (χ0) is 14.5. The molecule has 0 aromatic rings. The molecular formula is C14H25N3O3. The lowest BCUT2D eigenvalue weighted by Crippen LogP contribution is -2.49. The van der Waals surface area contributed by atoms with Crippen molar-refractivity contribution in [3.8, 4) is 0 Å². The molecule has 0 aromatic carbocycles. The number of aliphatic carboxylic acids is 1. The van der Waals surface area contributed by atoms with Crippen molar-refractivity contribution in [2.24, 2.45) is 11.8 Å². The summed E-state index contributed by atoms with van der Waals surface area (Å²) in [7, 11) is 2.11. The maximum Gasteiger partial charge on any atom is 0.317 e. The number of rotatable bonds is 3. The third-order valence-electron chi connectivity index (χ3n) is 4.32. The minimum Gasteiger partial charge on any atom is -0.481 e. The number of hydrogen-bond acceptors (Lipinski definition) is 3. The van der Waals surface area contributed by atoms with Crippen molar-refractivity contribution >= 4 is 12.0 Å². The lowest BCUT2D eigenvalue weighted by Gasteiger charge is -2.33. The van der Waals surface area contributed by atoms with Gasteiger partial charge in [0.25, 0.3) is 0 Å². The molecule has 114 valence electrons. The van der Waals surface area contributed by atoms with E-state index in [0.717, 1.165) is 25.9 Å². The zero-order valence-electron chi connectivity index (χ0n) is 12.2. The van der Waals surface area contributed by atoms with Gasteiger partial charge in [-0.05, 0) is 45.2 Å². The highest BCUT2D eigenvalue weighted by atomic mass is 16.4. The molecule has 0 spiro atoms. The summed E-state index contributed by atoms with van der Waals surface area (Å²) in [6.07, 6.45) is 3.79. The average molecular weight is 283 g/mol. The lowest BCUT2D eigenvalue weighted by molar-refractivity contribution is -0.143. The highest BCUT2D eigenvalue weighted by Gasteiger charge is 2.28. The standard InChI is InChI=1S/C14H25N3O3/c1-16-6-2-4-11(9-16)8-15-14(20)17-7-3-5-12(10-17)13(18)19/h11-12H,2-10H2,1H3,(H,15,20)(H,18,19)/t11?,12-/m1/s1. The predicted molar refractivity (Wildman–Crippen MR) is 75.6 cm³/mol. The molecule has 1 unspecified atom stereocenters. The molecule has 0 aromatic heterocycles. The number of nitrogens with one attached hydrogen (secondary N) is 1. The van der Waals surface area contributed by atoms with Gasteiger partial charge >= 0.3 is 12.0 Å². The number of carboxylic acids is 1. The monoisotopic (exact) mass is 283 g/mol. The maximum atomic E-state index is 12.1. The molecule has 6 nitrogen and oxygen atoms in total. The molecular weight excluding hydrogens is 258 g/mol. The topological polar surface area (TPSA) is 72.9 Å². The molecule has 0 saturated carbocycles. The Morgan fingerprint density at radius 1 is 1.20 bits per heavy atom. The Hall–Kier alpha value is -1.30. The Labute approximate surface area is 120 Å². The van der Waals surface area contributed by atoms with Crippen LogP contribution in [0.1, 0.15) is 25.7 Å². The number of urea groups is 1. The van der Waals surface area contributed by atoms with Gasteiger partial charge in [0.05, 0.1) is 5.92 Å². The Morgan fingerprint density at radius 2 is 1.95 bits per heavy atom. The van der Waals surface area contributed by atoms with Gasteiger partial charge in [-0.3, -0.25) is 4.79 Å². The van der Waals surface area contributed by atoms with Crippen molar-refractivity contribution in [1.82, 2.24) is 15.1 Å². The Bertz CT molecular complexity index is 362. The van der Waals surface area contributed by atoms with Crippen LogP contribution in [0.2, 0.25) is 0 Å². The number of carboxylic acid groups (broad SMARTS) is 1. The van der Waals surface area contributed by atoms with Crippen molar-refractivity contribution in [2.45, 2.75) is 25.7 Å². The van der Waals surface area contributed by atoms with Crippen molar-refractivity contribution < 1.29 is 14.7 Å². The fraction of sp³-hybridized carbons (Fsp3) is 0.857. The SMILES string of the molecule is CN1CCCC(CNC(=O)N2CCC[C@@H](C(=O)O)C2)C1. The number of carbonyl (C=O) groups is 2. The first-order chi connectivity index (χ1) is 9.56. The minimum atomic E-state index is -0.795. The second-order valence-electron chi connectivity index (χ2n) is 6.08. The van der Waals surface area contributed by atoms with E-state index < -0.39 is 11.9 Å². The highest BCUT2D eigenvalue weighted by Crippen LogP contribution is 2.17. The van der Waals surface area contributed by atoms with Crippen molar-refractivity contribution in [1.29, 1.82) is 0 Å². The smallest absolute Gasteiger partial charge is 0.317 e. The van der Waals surface area contributed by atoms with Crippen LogP contribution in [0.4, 0.5) is 4.79 Å². The quantitative estimate of drug-likeness (QED) is 0.805. The minimum absolute atomic E-state index is 0.107. The Morgan fingerprint density at radius 3 is 2.65 bits per heavy atom. The molecule has 2 saturated heterocycles. The summed E-state index contributed by atoms with van der Waals surface area (Å²) >= 11 is 0. The first-order valence-corrected chi connectivity index (χ1v) is 7.50. The largest absolute Gasteiger partial charge is 0.481 e. The molecule has 2 rings (SSSR count). The van der Waals surface area contributed by atoms with Crippen LogP contribution in [0.5, 0.6) is 0 Å². The molecule has 2 aliphatic heterocycles. The number of likely N-dealkylation sites (tertiary alicyclic amines) is 2. The second kappa shape index (κ2) is 6.92. The summed E-state index contributed by atoms with van der Waals surface area (Å²) in [6, 6.07) is -0.107. The lowest BCUT2D eigenvalue weighted by atomic mass is 9.98. The van der Waals surface area contributed by atoms with Crippen LogP contribution in [-0.2, 0) is 4.79 Å². The van der Waals surface area contributed by atoms with Crippen LogP contribution >= 0.6 is 0 Å². The van der Waals surface area contributed by atoms with E-state index >= 15 is 0 Å². The van der Waals surface area contributed by atoms with E-state index in [4.69, 9.17) is 5.11 Å². The van der Waals surface area contributed by atoms with Gasteiger partial charge in [0, 0.05) is 26.2 Å². The molecule has 0 bridgehead atoms. The summed E-state index contributed by atoms with van der Waals surface area (Å²) in [5.74, 6) is -0.690. The molecule has 2 fully saturated rings. The second-order valence-corrected chi connectivity index (χ2v) is 6.08. The fourth-order valence-corrected chi connectivity index (χ4v) is 3.15. The van der Waals surface area contributed by atoms with E-state index in [1.165, 1.54) is 6.42 Å². The van der Waals surface area contributed by atoms with Crippen molar-refractivity contribution in [3.05, 3.63) is 0 Å². The predicted octanol–water partition coefficient (Wildman–Crippen LogP) is 0.834. The average Bonchev–Trinajstić information content (AvgIpc) is 2.45. The van der Waals surface area contributed by atoms with E-state index in [9.17, 15) is 9.59 Å². The molecule has 2 amide bonds. The normalized spacial score (nSPS) is 28.1. The number of carbonyl (C=O) groups excluding carboxylic acids is 1. The number of amides is 2. The Balaban J connectivity index is 1.75. The summed E-state index contributed by atoms with van der Waals surface area (Å²) in [4.78, 5) is 27.0. The van der Waals surface area contributed by atoms with E-state index in [1.807, 2.05) is 0 Å². The number of hydrogen-bond donors (Lipinski definition) is 2. The van der Waals surface area contributed by atoms with Crippen LogP contribution in [0, 0.1) is 11.8 Å². The third-order valence-corrected chi connectivity index (χ3v) is 4.32.